The Morgan fingerprint density at radius 2 is 2.29 bits per heavy atom. The summed E-state index contributed by atoms with van der Waals surface area (Å²) in [4.78, 5) is 23.9. The maximum absolute atomic E-state index is 11.8. The van der Waals surface area contributed by atoms with Crippen molar-refractivity contribution in [2.75, 3.05) is 12.4 Å². The van der Waals surface area contributed by atoms with E-state index in [9.17, 15) is 9.35 Å². The maximum Gasteiger partial charge on any atom is 0.356 e. The average molecular weight is 271 g/mol. The van der Waals surface area contributed by atoms with Crippen LogP contribution in [0.15, 0.2) is 16.7 Å². The summed E-state index contributed by atoms with van der Waals surface area (Å²) in [6.45, 7) is 1.98. The zero-order valence-corrected chi connectivity index (χ0v) is 10.6. The number of carbonyl (C=O) groups is 1. The summed E-state index contributed by atoms with van der Waals surface area (Å²) in [5.41, 5.74) is 0.449. The van der Waals surface area contributed by atoms with Gasteiger partial charge in [-0.15, -0.1) is 0 Å². The molecule has 0 radical (unpaired) electrons. The van der Waals surface area contributed by atoms with Crippen LogP contribution in [0.1, 0.15) is 6.92 Å². The summed E-state index contributed by atoms with van der Waals surface area (Å²) in [6, 6.07) is 0. The summed E-state index contributed by atoms with van der Waals surface area (Å²) in [5, 5.41) is 0. The molecule has 0 amide bonds. The Balaban J connectivity index is 2.13. The minimum Gasteiger partial charge on any atom is -0.609 e. The van der Waals surface area contributed by atoms with Gasteiger partial charge in [-0.25, -0.2) is 14.8 Å². The first kappa shape index (κ1) is 12.2. The fraction of sp³-hybridized carbons (Fsp3) is 0.333. The number of fused-ring (bicyclic) bond motifs is 1. The average Bonchev–Trinajstić information content (AvgIpc) is 2.72. The first-order valence-corrected chi connectivity index (χ1v) is 6.95. The molecule has 2 rings (SSSR count). The third-order valence-corrected chi connectivity index (χ3v) is 4.31. The Kier molecular flexibility index (Phi) is 3.87. The molecule has 0 saturated heterocycles. The fourth-order valence-electron chi connectivity index (χ4n) is 1.13. The standard InChI is InChI=1S/C9H9N3O3S2/c1-2-15-6(13)5-17(14)9-12-7-8(16-9)11-4-3-10-7/h3-4H,2,5H2,1H3. The number of thiazole rings is 1. The van der Waals surface area contributed by atoms with Gasteiger partial charge in [-0.2, -0.15) is 4.98 Å². The van der Waals surface area contributed by atoms with Crippen molar-refractivity contribution in [3.63, 3.8) is 0 Å². The van der Waals surface area contributed by atoms with E-state index < -0.39 is 17.1 Å². The Labute approximate surface area is 104 Å². The van der Waals surface area contributed by atoms with Crippen molar-refractivity contribution < 1.29 is 14.1 Å². The Hall–Kier alpha value is -1.25. The van der Waals surface area contributed by atoms with Crippen molar-refractivity contribution in [1.29, 1.82) is 0 Å². The van der Waals surface area contributed by atoms with Crippen LogP contribution in [-0.2, 0) is 20.7 Å². The van der Waals surface area contributed by atoms with Gasteiger partial charge in [0.1, 0.15) is 0 Å². The van der Waals surface area contributed by atoms with Crippen LogP contribution >= 0.6 is 11.3 Å². The Morgan fingerprint density at radius 1 is 1.53 bits per heavy atom. The topological polar surface area (TPSA) is 88.0 Å². The second-order valence-corrected chi connectivity index (χ2v) is 5.56. The van der Waals surface area contributed by atoms with Crippen LogP contribution < -0.4 is 0 Å². The van der Waals surface area contributed by atoms with E-state index in [1.54, 1.807) is 13.1 Å². The largest absolute Gasteiger partial charge is 0.609 e. The smallest absolute Gasteiger partial charge is 0.356 e. The summed E-state index contributed by atoms with van der Waals surface area (Å²) in [7, 11) is 0. The van der Waals surface area contributed by atoms with Gasteiger partial charge in [0.05, 0.1) is 6.61 Å². The highest BCUT2D eigenvalue weighted by atomic mass is 32.2. The van der Waals surface area contributed by atoms with Crippen LogP contribution in [-0.4, -0.2) is 37.8 Å². The van der Waals surface area contributed by atoms with Gasteiger partial charge in [0.25, 0.3) is 0 Å². The van der Waals surface area contributed by atoms with Gasteiger partial charge in [-0.3, -0.25) is 0 Å². The van der Waals surface area contributed by atoms with Crippen molar-refractivity contribution in [2.45, 2.75) is 11.3 Å². The molecule has 0 fully saturated rings. The first-order valence-electron chi connectivity index (χ1n) is 4.82. The number of esters is 1. The van der Waals surface area contributed by atoms with Gasteiger partial charge >= 0.3 is 10.3 Å². The number of carbonyl (C=O) groups excluding carboxylic acids is 1. The molecule has 8 heteroatoms. The zero-order chi connectivity index (χ0) is 12.3. The summed E-state index contributed by atoms with van der Waals surface area (Å²) in [6.07, 6.45) is 3.05. The molecule has 0 spiro atoms. The van der Waals surface area contributed by atoms with Crippen LogP contribution in [0.4, 0.5) is 0 Å². The van der Waals surface area contributed by atoms with Crippen molar-refractivity contribution in [2.24, 2.45) is 0 Å². The van der Waals surface area contributed by atoms with Crippen LogP contribution in [0.5, 0.6) is 0 Å². The third-order valence-electron chi connectivity index (χ3n) is 1.78. The van der Waals surface area contributed by atoms with E-state index in [4.69, 9.17) is 4.74 Å². The van der Waals surface area contributed by atoms with Gasteiger partial charge in [-0.1, -0.05) is 0 Å². The molecule has 2 heterocycles. The number of nitrogens with zero attached hydrogens (tertiary/aromatic N) is 3. The lowest BCUT2D eigenvalue weighted by Crippen LogP contribution is -2.18. The first-order chi connectivity index (χ1) is 8.20. The molecule has 2 aromatic heterocycles. The lowest BCUT2D eigenvalue weighted by molar-refractivity contribution is -0.139. The molecule has 17 heavy (non-hydrogen) atoms. The second-order valence-electron chi connectivity index (χ2n) is 2.96. The molecule has 0 aromatic carbocycles. The molecule has 0 saturated carbocycles. The highest BCUT2D eigenvalue weighted by Gasteiger charge is 2.22. The van der Waals surface area contributed by atoms with Gasteiger partial charge in [0.15, 0.2) is 10.5 Å². The maximum atomic E-state index is 11.8. The SMILES string of the molecule is CCOC(=O)C[S+]([O-])c1nc2nccnc2s1. The van der Waals surface area contributed by atoms with Gasteiger partial charge in [0, 0.05) is 23.6 Å². The normalized spacial score (nSPS) is 12.6. The third kappa shape index (κ3) is 2.90. The Morgan fingerprint density at radius 3 is 3.00 bits per heavy atom. The zero-order valence-electron chi connectivity index (χ0n) is 8.95. The lowest BCUT2D eigenvalue weighted by atomic mass is 10.7. The molecule has 0 bridgehead atoms. The molecule has 6 nitrogen and oxygen atoms in total. The monoisotopic (exact) mass is 271 g/mol. The summed E-state index contributed by atoms with van der Waals surface area (Å²) < 4.78 is 16.9. The van der Waals surface area contributed by atoms with Gasteiger partial charge in [-0.05, 0) is 18.3 Å². The van der Waals surface area contributed by atoms with Crippen molar-refractivity contribution in [3.8, 4) is 0 Å². The predicted molar refractivity (Wildman–Crippen MR) is 63.1 cm³/mol. The molecule has 90 valence electrons. The molecule has 1 atom stereocenters. The van der Waals surface area contributed by atoms with Gasteiger partial charge in [0.2, 0.25) is 5.75 Å². The van der Waals surface area contributed by atoms with Crippen molar-refractivity contribution in [3.05, 3.63) is 12.4 Å². The molecule has 0 aliphatic rings. The quantitative estimate of drug-likeness (QED) is 0.602. The molecular weight excluding hydrogens is 262 g/mol. The highest BCUT2D eigenvalue weighted by Crippen LogP contribution is 2.22. The number of ether oxygens (including phenoxy) is 1. The van der Waals surface area contributed by atoms with E-state index >= 15 is 0 Å². The molecular formula is C9H9N3O3S2. The predicted octanol–water partition coefficient (Wildman–Crippen LogP) is 0.757. The summed E-state index contributed by atoms with van der Waals surface area (Å²) in [5.74, 6) is -0.681. The van der Waals surface area contributed by atoms with Crippen LogP contribution in [0.25, 0.3) is 10.5 Å². The second kappa shape index (κ2) is 5.39. The van der Waals surface area contributed by atoms with E-state index in [0.717, 1.165) is 0 Å². The van der Waals surface area contributed by atoms with E-state index in [0.29, 0.717) is 14.8 Å². The number of aromatic nitrogens is 3. The van der Waals surface area contributed by atoms with Crippen LogP contribution in [0.3, 0.4) is 0 Å². The minimum atomic E-state index is -1.49. The number of hydrogen-bond acceptors (Lipinski definition) is 7. The molecule has 0 N–H and O–H groups in total. The van der Waals surface area contributed by atoms with Crippen LogP contribution in [0.2, 0.25) is 0 Å². The molecule has 0 aliphatic heterocycles. The highest BCUT2D eigenvalue weighted by molar-refractivity contribution is 7.94. The number of rotatable bonds is 4. The van der Waals surface area contributed by atoms with E-state index in [2.05, 4.69) is 15.0 Å². The fourth-order valence-corrected chi connectivity index (χ4v) is 3.12. The Bertz CT molecular complexity index is 498. The minimum absolute atomic E-state index is 0.187. The van der Waals surface area contributed by atoms with Crippen LogP contribution in [0, 0.1) is 0 Å². The number of hydrogen-bond donors (Lipinski definition) is 0. The molecule has 0 aliphatic carbocycles. The van der Waals surface area contributed by atoms with Crippen molar-refractivity contribution in [1.82, 2.24) is 15.0 Å². The van der Waals surface area contributed by atoms with E-state index in [1.807, 2.05) is 0 Å². The van der Waals surface area contributed by atoms with E-state index in [1.165, 1.54) is 17.5 Å². The molecule has 1 unspecified atom stereocenters. The van der Waals surface area contributed by atoms with Gasteiger partial charge < -0.3 is 9.29 Å². The van der Waals surface area contributed by atoms with Crippen molar-refractivity contribution >= 4 is 39.0 Å². The molecule has 2 aromatic rings. The van der Waals surface area contributed by atoms with E-state index in [-0.39, 0.29) is 12.4 Å². The summed E-state index contributed by atoms with van der Waals surface area (Å²) >= 11 is -0.322. The lowest BCUT2D eigenvalue weighted by Gasteiger charge is -2.05.